The summed E-state index contributed by atoms with van der Waals surface area (Å²) in [5.74, 6) is 1.33. The molecule has 6 heteroatoms. The molecular formula is C19H19FN2O3. The first-order chi connectivity index (χ1) is 12.0. The van der Waals surface area contributed by atoms with E-state index in [0.717, 1.165) is 17.0 Å². The molecule has 3 aromatic rings. The molecule has 2 aromatic heterocycles. The summed E-state index contributed by atoms with van der Waals surface area (Å²) in [5.41, 5.74) is 2.87. The maximum atomic E-state index is 13.0. The van der Waals surface area contributed by atoms with Crippen LogP contribution >= 0.6 is 0 Å². The highest BCUT2D eigenvalue weighted by atomic mass is 19.1. The van der Waals surface area contributed by atoms with Crippen LogP contribution in [0.5, 0.6) is 0 Å². The van der Waals surface area contributed by atoms with E-state index in [1.807, 2.05) is 13.8 Å². The molecule has 0 aliphatic carbocycles. The van der Waals surface area contributed by atoms with Crippen molar-refractivity contribution in [2.24, 2.45) is 0 Å². The Hall–Kier alpha value is -2.89. The highest BCUT2D eigenvalue weighted by Gasteiger charge is 2.18. The van der Waals surface area contributed by atoms with Gasteiger partial charge in [0.05, 0.1) is 11.3 Å². The van der Waals surface area contributed by atoms with Crippen LogP contribution in [0.3, 0.4) is 0 Å². The number of carbonyl (C=O) groups excluding carboxylic acids is 1. The van der Waals surface area contributed by atoms with Crippen LogP contribution in [-0.4, -0.2) is 17.4 Å². The molecule has 1 amide bonds. The fourth-order valence-electron chi connectivity index (χ4n) is 2.67. The lowest BCUT2D eigenvalue weighted by Crippen LogP contribution is -2.26. The standard InChI is InChI=1S/C19H19FN2O3/c1-11-12(2)25-13(3)17(11)18(23)21-9-8-16-10-24-19(22-16)14-4-6-15(20)7-5-14/h4-7,10H,8-9H2,1-3H3,(H,21,23). The quantitative estimate of drug-likeness (QED) is 0.762. The van der Waals surface area contributed by atoms with Gasteiger partial charge in [-0.15, -0.1) is 0 Å². The van der Waals surface area contributed by atoms with Crippen LogP contribution in [0, 0.1) is 26.6 Å². The minimum Gasteiger partial charge on any atom is -0.466 e. The topological polar surface area (TPSA) is 68.3 Å². The normalized spacial score (nSPS) is 10.9. The van der Waals surface area contributed by atoms with Crippen LogP contribution in [0.15, 0.2) is 39.4 Å². The van der Waals surface area contributed by atoms with E-state index in [4.69, 9.17) is 8.83 Å². The summed E-state index contributed by atoms with van der Waals surface area (Å²) in [7, 11) is 0. The third kappa shape index (κ3) is 3.63. The highest BCUT2D eigenvalue weighted by molar-refractivity contribution is 5.96. The van der Waals surface area contributed by atoms with E-state index in [1.54, 1.807) is 25.3 Å². The van der Waals surface area contributed by atoms with Crippen LogP contribution in [0.1, 0.15) is 33.1 Å². The zero-order valence-corrected chi connectivity index (χ0v) is 14.4. The molecule has 0 atom stereocenters. The molecule has 2 heterocycles. The van der Waals surface area contributed by atoms with Gasteiger partial charge in [0, 0.05) is 24.1 Å². The molecule has 0 unspecified atom stereocenters. The first-order valence-electron chi connectivity index (χ1n) is 8.01. The monoisotopic (exact) mass is 342 g/mol. The van der Waals surface area contributed by atoms with Crippen LogP contribution in [0.25, 0.3) is 11.5 Å². The molecule has 0 fully saturated rings. The molecule has 0 bridgehead atoms. The highest BCUT2D eigenvalue weighted by Crippen LogP contribution is 2.21. The lowest BCUT2D eigenvalue weighted by Gasteiger charge is -2.03. The van der Waals surface area contributed by atoms with Crippen LogP contribution in [0.2, 0.25) is 0 Å². The molecule has 0 spiro atoms. The van der Waals surface area contributed by atoms with E-state index in [1.165, 1.54) is 12.1 Å². The van der Waals surface area contributed by atoms with Crippen molar-refractivity contribution in [2.45, 2.75) is 27.2 Å². The van der Waals surface area contributed by atoms with Crippen molar-refractivity contribution < 1.29 is 18.0 Å². The van der Waals surface area contributed by atoms with Gasteiger partial charge in [0.15, 0.2) is 0 Å². The number of carbonyl (C=O) groups is 1. The van der Waals surface area contributed by atoms with Crippen LogP contribution < -0.4 is 5.32 Å². The van der Waals surface area contributed by atoms with Crippen LogP contribution in [-0.2, 0) is 6.42 Å². The number of nitrogens with zero attached hydrogens (tertiary/aromatic N) is 1. The lowest BCUT2D eigenvalue weighted by atomic mass is 10.1. The average molecular weight is 342 g/mol. The summed E-state index contributed by atoms with van der Waals surface area (Å²) in [6.45, 7) is 5.91. The Morgan fingerprint density at radius 1 is 1.16 bits per heavy atom. The Morgan fingerprint density at radius 3 is 2.52 bits per heavy atom. The molecule has 1 N–H and O–H groups in total. The molecular weight excluding hydrogens is 323 g/mol. The van der Waals surface area contributed by atoms with E-state index in [2.05, 4.69) is 10.3 Å². The van der Waals surface area contributed by atoms with Gasteiger partial charge in [-0.05, 0) is 45.0 Å². The Labute approximate surface area is 144 Å². The number of oxazole rings is 1. The molecule has 0 saturated carbocycles. The molecule has 0 aliphatic rings. The van der Waals surface area contributed by atoms with Gasteiger partial charge in [-0.1, -0.05) is 0 Å². The van der Waals surface area contributed by atoms with Gasteiger partial charge in [-0.25, -0.2) is 9.37 Å². The van der Waals surface area contributed by atoms with Crippen molar-refractivity contribution in [1.29, 1.82) is 0 Å². The second-order valence-corrected chi connectivity index (χ2v) is 5.87. The minimum absolute atomic E-state index is 0.158. The minimum atomic E-state index is -0.307. The molecule has 25 heavy (non-hydrogen) atoms. The SMILES string of the molecule is Cc1oc(C)c(C(=O)NCCc2coc(-c3ccc(F)cc3)n2)c1C. The predicted molar refractivity (Wildman–Crippen MR) is 90.9 cm³/mol. The number of aryl methyl sites for hydroxylation is 2. The van der Waals surface area contributed by atoms with Crippen molar-refractivity contribution in [2.75, 3.05) is 6.54 Å². The zero-order valence-electron chi connectivity index (χ0n) is 14.4. The molecule has 3 rings (SSSR count). The van der Waals surface area contributed by atoms with E-state index in [-0.39, 0.29) is 11.7 Å². The molecule has 5 nitrogen and oxygen atoms in total. The number of furan rings is 1. The van der Waals surface area contributed by atoms with Gasteiger partial charge in [0.25, 0.3) is 5.91 Å². The van der Waals surface area contributed by atoms with Crippen molar-refractivity contribution in [3.05, 3.63) is 64.7 Å². The fraction of sp³-hybridized carbons (Fsp3) is 0.263. The van der Waals surface area contributed by atoms with Crippen molar-refractivity contribution in [3.63, 3.8) is 0 Å². The van der Waals surface area contributed by atoms with E-state index >= 15 is 0 Å². The number of benzene rings is 1. The number of hydrogen-bond donors (Lipinski definition) is 1. The first-order valence-corrected chi connectivity index (χ1v) is 8.01. The summed E-state index contributed by atoms with van der Waals surface area (Å²) in [5, 5.41) is 2.87. The Bertz CT molecular complexity index is 894. The summed E-state index contributed by atoms with van der Waals surface area (Å²) in [6, 6.07) is 5.94. The number of nitrogens with one attached hydrogen (secondary N) is 1. The summed E-state index contributed by atoms with van der Waals surface area (Å²) in [6.07, 6.45) is 2.08. The second kappa shape index (κ2) is 6.93. The number of aromatic nitrogens is 1. The number of halogens is 1. The molecule has 0 radical (unpaired) electrons. The third-order valence-corrected chi connectivity index (χ3v) is 4.10. The Morgan fingerprint density at radius 2 is 1.88 bits per heavy atom. The van der Waals surface area contributed by atoms with Gasteiger partial charge in [-0.2, -0.15) is 0 Å². The predicted octanol–water partition coefficient (Wildman–Crippen LogP) is 3.97. The number of hydrogen-bond acceptors (Lipinski definition) is 4. The maximum absolute atomic E-state index is 13.0. The van der Waals surface area contributed by atoms with E-state index in [9.17, 15) is 9.18 Å². The summed E-state index contributed by atoms with van der Waals surface area (Å²) < 4.78 is 23.8. The first kappa shape index (κ1) is 17.0. The third-order valence-electron chi connectivity index (χ3n) is 4.10. The van der Waals surface area contributed by atoms with Gasteiger partial charge in [-0.3, -0.25) is 4.79 Å². The van der Waals surface area contributed by atoms with Crippen molar-refractivity contribution >= 4 is 5.91 Å². The fourth-order valence-corrected chi connectivity index (χ4v) is 2.67. The summed E-state index contributed by atoms with van der Waals surface area (Å²) in [4.78, 5) is 16.7. The van der Waals surface area contributed by atoms with E-state index < -0.39 is 0 Å². The molecule has 0 saturated heterocycles. The van der Waals surface area contributed by atoms with Crippen molar-refractivity contribution in [1.82, 2.24) is 10.3 Å². The lowest BCUT2D eigenvalue weighted by molar-refractivity contribution is 0.0952. The smallest absolute Gasteiger partial charge is 0.255 e. The summed E-state index contributed by atoms with van der Waals surface area (Å²) >= 11 is 0. The number of rotatable bonds is 5. The van der Waals surface area contributed by atoms with Crippen LogP contribution in [0.4, 0.5) is 4.39 Å². The number of amides is 1. The van der Waals surface area contributed by atoms with Gasteiger partial charge < -0.3 is 14.2 Å². The van der Waals surface area contributed by atoms with Crippen molar-refractivity contribution in [3.8, 4) is 11.5 Å². The average Bonchev–Trinajstić information content (AvgIpc) is 3.13. The molecule has 130 valence electrons. The largest absolute Gasteiger partial charge is 0.466 e. The Kier molecular flexibility index (Phi) is 4.70. The zero-order chi connectivity index (χ0) is 18.0. The van der Waals surface area contributed by atoms with Gasteiger partial charge >= 0.3 is 0 Å². The second-order valence-electron chi connectivity index (χ2n) is 5.87. The Balaban J connectivity index is 1.59. The van der Waals surface area contributed by atoms with E-state index in [0.29, 0.717) is 35.7 Å². The maximum Gasteiger partial charge on any atom is 0.255 e. The molecule has 1 aromatic carbocycles. The van der Waals surface area contributed by atoms with Gasteiger partial charge in [0.2, 0.25) is 5.89 Å². The van der Waals surface area contributed by atoms with Gasteiger partial charge in [0.1, 0.15) is 23.6 Å². The molecule has 0 aliphatic heterocycles.